The Morgan fingerprint density at radius 3 is 2.62 bits per heavy atom. The molecule has 8 nitrogen and oxygen atoms in total. The van der Waals surface area contributed by atoms with E-state index in [0.717, 1.165) is 43.1 Å². The zero-order chi connectivity index (χ0) is 22.2. The number of morpholine rings is 1. The molecule has 2 aromatic heterocycles. The van der Waals surface area contributed by atoms with Crippen LogP contribution in [0.1, 0.15) is 16.1 Å². The number of aromatic hydroxyl groups is 1. The number of anilines is 1. The van der Waals surface area contributed by atoms with Crippen LogP contribution in [0.15, 0.2) is 47.0 Å². The van der Waals surface area contributed by atoms with Crippen LogP contribution in [0.25, 0.3) is 22.0 Å². The lowest BCUT2D eigenvalue weighted by Gasteiger charge is -2.29. The fraction of sp³-hybridized carbons (Fsp3) is 0.217. The first-order chi connectivity index (χ1) is 15.5. The third kappa shape index (κ3) is 3.57. The second-order valence-corrected chi connectivity index (χ2v) is 7.84. The number of hydrogen-bond donors (Lipinski definition) is 2. The number of carbonyl (C=O) groups excluding carboxylic acids is 1. The van der Waals surface area contributed by atoms with Gasteiger partial charge in [0.15, 0.2) is 0 Å². The SMILES string of the molecule is COc1cc(C(=O)c2c(O)[nH]c3cc(Cl)c(-c4ccc(N5CCOCC5)cc4)cc23)on1. The van der Waals surface area contributed by atoms with Crippen molar-refractivity contribution < 1.29 is 23.9 Å². The lowest BCUT2D eigenvalue weighted by atomic mass is 10.00. The Kier molecular flexibility index (Phi) is 5.24. The summed E-state index contributed by atoms with van der Waals surface area (Å²) >= 11 is 6.55. The summed E-state index contributed by atoms with van der Waals surface area (Å²) in [6, 6.07) is 12.9. The maximum absolute atomic E-state index is 13.0. The van der Waals surface area contributed by atoms with Crippen molar-refractivity contribution in [2.75, 3.05) is 38.3 Å². The van der Waals surface area contributed by atoms with Gasteiger partial charge in [0.25, 0.3) is 5.88 Å². The molecule has 0 aliphatic carbocycles. The number of hydrogen-bond acceptors (Lipinski definition) is 7. The summed E-state index contributed by atoms with van der Waals surface area (Å²) < 4.78 is 15.5. The molecule has 2 aromatic carbocycles. The van der Waals surface area contributed by atoms with E-state index in [1.807, 2.05) is 24.3 Å². The molecule has 0 atom stereocenters. The van der Waals surface area contributed by atoms with Gasteiger partial charge in [0.05, 0.1) is 42.5 Å². The number of benzene rings is 2. The molecule has 3 heterocycles. The summed E-state index contributed by atoms with van der Waals surface area (Å²) in [4.78, 5) is 18.1. The standard InChI is InChI=1S/C23H20ClN3O5/c1-30-20-12-19(32-26-20)22(28)21-16-10-15(17(24)11-18(16)25-23(21)29)13-2-4-14(5-3-13)27-6-8-31-9-7-27/h2-5,10-12,25,29H,6-9H2,1H3. The molecular formula is C23H20ClN3O5. The Bertz CT molecular complexity index is 1290. The van der Waals surface area contributed by atoms with Gasteiger partial charge in [-0.3, -0.25) is 4.79 Å². The number of nitrogens with one attached hydrogen (secondary N) is 1. The van der Waals surface area contributed by atoms with Crippen LogP contribution in [-0.4, -0.2) is 54.4 Å². The van der Waals surface area contributed by atoms with E-state index in [4.69, 9.17) is 25.6 Å². The van der Waals surface area contributed by atoms with Gasteiger partial charge in [-0.1, -0.05) is 23.7 Å². The van der Waals surface area contributed by atoms with Gasteiger partial charge in [0.1, 0.15) is 0 Å². The van der Waals surface area contributed by atoms with Crippen molar-refractivity contribution in [3.8, 4) is 22.9 Å². The Morgan fingerprint density at radius 2 is 1.94 bits per heavy atom. The van der Waals surface area contributed by atoms with Gasteiger partial charge in [-0.25, -0.2) is 0 Å². The monoisotopic (exact) mass is 453 g/mol. The molecule has 1 aliphatic heterocycles. The molecule has 2 N–H and O–H groups in total. The van der Waals surface area contributed by atoms with Gasteiger partial charge in [-0.15, -0.1) is 0 Å². The molecule has 164 valence electrons. The van der Waals surface area contributed by atoms with Gasteiger partial charge in [0, 0.05) is 29.7 Å². The maximum Gasteiger partial charge on any atom is 0.254 e. The Hall–Kier alpha value is -3.49. The minimum absolute atomic E-state index is 0.0376. The van der Waals surface area contributed by atoms with E-state index >= 15 is 0 Å². The smallest absolute Gasteiger partial charge is 0.254 e. The predicted octanol–water partition coefficient (Wildman–Crippen LogP) is 4.26. The van der Waals surface area contributed by atoms with Crippen molar-refractivity contribution >= 4 is 34.0 Å². The van der Waals surface area contributed by atoms with Crippen molar-refractivity contribution in [1.82, 2.24) is 10.1 Å². The van der Waals surface area contributed by atoms with Crippen molar-refractivity contribution in [3.63, 3.8) is 0 Å². The van der Waals surface area contributed by atoms with E-state index in [0.29, 0.717) is 15.9 Å². The normalized spacial score (nSPS) is 14.1. The van der Waals surface area contributed by atoms with Gasteiger partial charge in [-0.2, -0.15) is 0 Å². The molecule has 1 aliphatic rings. The van der Waals surface area contributed by atoms with E-state index < -0.39 is 5.78 Å². The minimum atomic E-state index is -0.513. The maximum atomic E-state index is 13.0. The van der Waals surface area contributed by atoms with Gasteiger partial charge in [-0.05, 0) is 35.0 Å². The van der Waals surface area contributed by atoms with Crippen LogP contribution in [0.5, 0.6) is 11.8 Å². The summed E-state index contributed by atoms with van der Waals surface area (Å²) in [7, 11) is 1.42. The van der Waals surface area contributed by atoms with Crippen LogP contribution in [0.4, 0.5) is 5.69 Å². The molecular weight excluding hydrogens is 434 g/mol. The van der Waals surface area contributed by atoms with E-state index in [9.17, 15) is 9.90 Å². The highest BCUT2D eigenvalue weighted by Gasteiger charge is 2.25. The Labute approximate surface area is 188 Å². The van der Waals surface area contributed by atoms with Gasteiger partial charge >= 0.3 is 0 Å². The number of aromatic nitrogens is 2. The molecule has 0 spiro atoms. The highest BCUT2D eigenvalue weighted by molar-refractivity contribution is 6.34. The molecule has 0 unspecified atom stereocenters. The first-order valence-corrected chi connectivity index (χ1v) is 10.5. The van der Waals surface area contributed by atoms with Crippen LogP contribution >= 0.6 is 11.6 Å². The Morgan fingerprint density at radius 1 is 1.19 bits per heavy atom. The predicted molar refractivity (Wildman–Crippen MR) is 120 cm³/mol. The second-order valence-electron chi connectivity index (χ2n) is 7.44. The Balaban J connectivity index is 1.53. The fourth-order valence-electron chi connectivity index (χ4n) is 3.91. The second kappa shape index (κ2) is 8.22. The summed E-state index contributed by atoms with van der Waals surface area (Å²) in [5, 5.41) is 15.1. The van der Waals surface area contributed by atoms with Gasteiger partial charge < -0.3 is 29.0 Å². The first-order valence-electron chi connectivity index (χ1n) is 10.1. The number of aromatic amines is 1. The third-order valence-electron chi connectivity index (χ3n) is 5.57. The lowest BCUT2D eigenvalue weighted by molar-refractivity contribution is 0.0999. The quantitative estimate of drug-likeness (QED) is 0.435. The van der Waals surface area contributed by atoms with Crippen molar-refractivity contribution in [3.05, 3.63) is 58.8 Å². The molecule has 32 heavy (non-hydrogen) atoms. The summed E-state index contributed by atoms with van der Waals surface area (Å²) in [6.45, 7) is 3.14. The average molecular weight is 454 g/mol. The molecule has 4 aromatic rings. The van der Waals surface area contributed by atoms with Crippen LogP contribution in [0.3, 0.4) is 0 Å². The average Bonchev–Trinajstić information content (AvgIpc) is 3.42. The van der Waals surface area contributed by atoms with Crippen molar-refractivity contribution in [2.24, 2.45) is 0 Å². The number of H-pyrrole nitrogens is 1. The van der Waals surface area contributed by atoms with Crippen LogP contribution in [0.2, 0.25) is 5.02 Å². The minimum Gasteiger partial charge on any atom is -0.494 e. The number of carbonyl (C=O) groups is 1. The molecule has 0 saturated carbocycles. The molecule has 0 amide bonds. The van der Waals surface area contributed by atoms with Crippen LogP contribution in [-0.2, 0) is 4.74 Å². The summed E-state index contributed by atoms with van der Waals surface area (Å²) in [6.07, 6.45) is 0. The number of ether oxygens (including phenoxy) is 2. The van der Waals surface area contributed by atoms with Crippen molar-refractivity contribution in [2.45, 2.75) is 0 Å². The molecule has 5 rings (SSSR count). The molecule has 0 radical (unpaired) electrons. The number of ketones is 1. The zero-order valence-corrected chi connectivity index (χ0v) is 18.0. The summed E-state index contributed by atoms with van der Waals surface area (Å²) in [5.41, 5.74) is 3.38. The van der Waals surface area contributed by atoms with Crippen LogP contribution in [0, 0.1) is 0 Å². The molecule has 0 bridgehead atoms. The topological polar surface area (TPSA) is 101 Å². The third-order valence-corrected chi connectivity index (χ3v) is 5.88. The number of rotatable bonds is 5. The van der Waals surface area contributed by atoms with Gasteiger partial charge in [0.2, 0.25) is 17.4 Å². The number of fused-ring (bicyclic) bond motifs is 1. The molecule has 1 saturated heterocycles. The van der Waals surface area contributed by atoms with Crippen molar-refractivity contribution in [1.29, 1.82) is 0 Å². The highest BCUT2D eigenvalue weighted by Crippen LogP contribution is 2.38. The zero-order valence-electron chi connectivity index (χ0n) is 17.2. The first kappa shape index (κ1) is 20.4. The van der Waals surface area contributed by atoms with Crippen LogP contribution < -0.4 is 9.64 Å². The number of halogens is 1. The number of methoxy groups -OCH3 is 1. The molecule has 9 heteroatoms. The number of nitrogens with zero attached hydrogens (tertiary/aromatic N) is 2. The van der Waals surface area contributed by atoms with E-state index in [1.54, 1.807) is 12.1 Å². The van der Waals surface area contributed by atoms with E-state index in [-0.39, 0.29) is 23.1 Å². The fourth-order valence-corrected chi connectivity index (χ4v) is 4.18. The highest BCUT2D eigenvalue weighted by atomic mass is 35.5. The molecule has 1 fully saturated rings. The summed E-state index contributed by atoms with van der Waals surface area (Å²) in [5.74, 6) is -0.641. The lowest BCUT2D eigenvalue weighted by Crippen LogP contribution is -2.36. The van der Waals surface area contributed by atoms with E-state index in [1.165, 1.54) is 13.2 Å². The van der Waals surface area contributed by atoms with E-state index in [2.05, 4.69) is 15.0 Å². The largest absolute Gasteiger partial charge is 0.494 e.